The van der Waals surface area contributed by atoms with E-state index in [0.29, 0.717) is 6.04 Å². The van der Waals surface area contributed by atoms with E-state index >= 15 is 0 Å². The van der Waals surface area contributed by atoms with E-state index in [1.54, 1.807) is 0 Å². The molecule has 0 aliphatic carbocycles. The fraction of sp³-hybridized carbons (Fsp3) is 0.400. The molecule has 2 rings (SSSR count). The highest BCUT2D eigenvalue weighted by Crippen LogP contribution is 2.29. The SMILES string of the molecule is Cc1ccc(C(N)c2c(Br)cnn2C(C)C)cc1C. The summed E-state index contributed by atoms with van der Waals surface area (Å²) in [4.78, 5) is 0. The molecule has 3 nitrogen and oxygen atoms in total. The Morgan fingerprint density at radius 2 is 1.89 bits per heavy atom. The van der Waals surface area contributed by atoms with Crippen LogP contribution in [0, 0.1) is 13.8 Å². The molecule has 1 aromatic carbocycles. The minimum absolute atomic E-state index is 0.168. The summed E-state index contributed by atoms with van der Waals surface area (Å²) >= 11 is 3.55. The van der Waals surface area contributed by atoms with Gasteiger partial charge in [0.15, 0.2) is 0 Å². The molecule has 0 saturated heterocycles. The molecule has 0 spiro atoms. The fourth-order valence-electron chi connectivity index (χ4n) is 2.17. The molecule has 4 heteroatoms. The van der Waals surface area contributed by atoms with Crippen LogP contribution in [0.4, 0.5) is 0 Å². The van der Waals surface area contributed by atoms with Gasteiger partial charge < -0.3 is 5.73 Å². The Bertz CT molecular complexity index is 587. The Labute approximate surface area is 122 Å². The van der Waals surface area contributed by atoms with Gasteiger partial charge in [-0.05, 0) is 60.3 Å². The first-order valence-corrected chi connectivity index (χ1v) is 7.26. The van der Waals surface area contributed by atoms with Crippen molar-refractivity contribution in [3.05, 3.63) is 51.3 Å². The van der Waals surface area contributed by atoms with Gasteiger partial charge in [0.2, 0.25) is 0 Å². The van der Waals surface area contributed by atoms with E-state index < -0.39 is 0 Å². The molecule has 1 atom stereocenters. The van der Waals surface area contributed by atoms with E-state index in [4.69, 9.17) is 5.73 Å². The average molecular weight is 322 g/mol. The first-order valence-electron chi connectivity index (χ1n) is 6.47. The van der Waals surface area contributed by atoms with Crippen LogP contribution >= 0.6 is 15.9 Å². The lowest BCUT2D eigenvalue weighted by atomic mass is 9.99. The van der Waals surface area contributed by atoms with E-state index in [1.165, 1.54) is 11.1 Å². The quantitative estimate of drug-likeness (QED) is 0.931. The molecule has 0 radical (unpaired) electrons. The van der Waals surface area contributed by atoms with E-state index in [0.717, 1.165) is 15.7 Å². The lowest BCUT2D eigenvalue weighted by molar-refractivity contribution is 0.498. The molecule has 2 N–H and O–H groups in total. The van der Waals surface area contributed by atoms with Crippen LogP contribution in [-0.4, -0.2) is 9.78 Å². The molecule has 0 aliphatic heterocycles. The van der Waals surface area contributed by atoms with Gasteiger partial charge in [0.05, 0.1) is 22.4 Å². The van der Waals surface area contributed by atoms with Gasteiger partial charge in [0.25, 0.3) is 0 Å². The molecule has 1 aromatic heterocycles. The molecule has 102 valence electrons. The van der Waals surface area contributed by atoms with Gasteiger partial charge in [-0.2, -0.15) is 5.10 Å². The Morgan fingerprint density at radius 3 is 2.47 bits per heavy atom. The number of hydrogen-bond donors (Lipinski definition) is 1. The van der Waals surface area contributed by atoms with Crippen molar-refractivity contribution in [3.8, 4) is 0 Å². The highest BCUT2D eigenvalue weighted by molar-refractivity contribution is 9.10. The molecule has 0 aliphatic rings. The average Bonchev–Trinajstić information content (AvgIpc) is 2.74. The predicted octanol–water partition coefficient (Wildman–Crippen LogP) is 3.89. The number of aromatic nitrogens is 2. The molecular formula is C15H20BrN3. The van der Waals surface area contributed by atoms with Gasteiger partial charge in [0, 0.05) is 6.04 Å². The summed E-state index contributed by atoms with van der Waals surface area (Å²) in [6.07, 6.45) is 1.82. The van der Waals surface area contributed by atoms with Crippen LogP contribution < -0.4 is 5.73 Å². The van der Waals surface area contributed by atoms with E-state index in [1.807, 2.05) is 10.9 Å². The number of benzene rings is 1. The molecule has 0 fully saturated rings. The third-order valence-electron chi connectivity index (χ3n) is 3.46. The van der Waals surface area contributed by atoms with Crippen molar-refractivity contribution in [1.29, 1.82) is 0 Å². The highest BCUT2D eigenvalue weighted by atomic mass is 79.9. The zero-order valence-corrected chi connectivity index (χ0v) is 13.4. The fourth-order valence-corrected chi connectivity index (χ4v) is 2.69. The summed E-state index contributed by atoms with van der Waals surface area (Å²) in [5.74, 6) is 0. The Morgan fingerprint density at radius 1 is 1.21 bits per heavy atom. The van der Waals surface area contributed by atoms with Crippen molar-refractivity contribution in [2.45, 2.75) is 39.8 Å². The lowest BCUT2D eigenvalue weighted by Gasteiger charge is -2.18. The van der Waals surface area contributed by atoms with Gasteiger partial charge in [-0.25, -0.2) is 0 Å². The summed E-state index contributed by atoms with van der Waals surface area (Å²) in [7, 11) is 0. The van der Waals surface area contributed by atoms with Crippen molar-refractivity contribution >= 4 is 15.9 Å². The number of hydrogen-bond acceptors (Lipinski definition) is 2. The third-order valence-corrected chi connectivity index (χ3v) is 4.07. The van der Waals surface area contributed by atoms with Gasteiger partial charge in [0.1, 0.15) is 0 Å². The van der Waals surface area contributed by atoms with Gasteiger partial charge in [-0.1, -0.05) is 18.2 Å². The van der Waals surface area contributed by atoms with Crippen molar-refractivity contribution < 1.29 is 0 Å². The molecule has 1 unspecified atom stereocenters. The maximum absolute atomic E-state index is 6.43. The van der Waals surface area contributed by atoms with Crippen molar-refractivity contribution in [2.24, 2.45) is 5.73 Å². The normalized spacial score (nSPS) is 13.0. The minimum Gasteiger partial charge on any atom is -0.319 e. The molecule has 0 bridgehead atoms. The molecule has 0 amide bonds. The number of halogens is 1. The molecular weight excluding hydrogens is 302 g/mol. The van der Waals surface area contributed by atoms with Gasteiger partial charge in [-0.3, -0.25) is 4.68 Å². The lowest BCUT2D eigenvalue weighted by Crippen LogP contribution is -2.19. The zero-order chi connectivity index (χ0) is 14.2. The Hall–Kier alpha value is -1.13. The summed E-state index contributed by atoms with van der Waals surface area (Å²) in [5, 5.41) is 4.39. The number of nitrogens with zero attached hydrogens (tertiary/aromatic N) is 2. The maximum Gasteiger partial charge on any atom is 0.0741 e. The van der Waals surface area contributed by atoms with Crippen LogP contribution in [0.2, 0.25) is 0 Å². The minimum atomic E-state index is -0.168. The number of aryl methyl sites for hydroxylation is 2. The van der Waals surface area contributed by atoms with Gasteiger partial charge >= 0.3 is 0 Å². The first-order chi connectivity index (χ1) is 8.91. The largest absolute Gasteiger partial charge is 0.319 e. The van der Waals surface area contributed by atoms with Crippen LogP contribution in [0.1, 0.15) is 48.3 Å². The molecule has 0 saturated carbocycles. The third kappa shape index (κ3) is 2.74. The van der Waals surface area contributed by atoms with Crippen LogP contribution in [0.5, 0.6) is 0 Å². The Balaban J connectivity index is 2.46. The van der Waals surface area contributed by atoms with E-state index in [9.17, 15) is 0 Å². The highest BCUT2D eigenvalue weighted by Gasteiger charge is 2.20. The van der Waals surface area contributed by atoms with Crippen LogP contribution in [0.15, 0.2) is 28.9 Å². The maximum atomic E-state index is 6.43. The van der Waals surface area contributed by atoms with Crippen molar-refractivity contribution in [1.82, 2.24) is 9.78 Å². The zero-order valence-electron chi connectivity index (χ0n) is 11.8. The Kier molecular flexibility index (Phi) is 4.11. The van der Waals surface area contributed by atoms with E-state index in [2.05, 4.69) is 66.9 Å². The first kappa shape index (κ1) is 14.3. The monoisotopic (exact) mass is 321 g/mol. The second kappa shape index (κ2) is 5.47. The second-order valence-electron chi connectivity index (χ2n) is 5.24. The molecule has 2 aromatic rings. The van der Waals surface area contributed by atoms with Crippen molar-refractivity contribution in [2.75, 3.05) is 0 Å². The summed E-state index contributed by atoms with van der Waals surface area (Å²) < 4.78 is 2.94. The van der Waals surface area contributed by atoms with Crippen LogP contribution in [0.25, 0.3) is 0 Å². The van der Waals surface area contributed by atoms with Gasteiger partial charge in [-0.15, -0.1) is 0 Å². The summed E-state index contributed by atoms with van der Waals surface area (Å²) in [6.45, 7) is 8.44. The van der Waals surface area contributed by atoms with Crippen LogP contribution in [-0.2, 0) is 0 Å². The number of rotatable bonds is 3. The van der Waals surface area contributed by atoms with Crippen LogP contribution in [0.3, 0.4) is 0 Å². The van der Waals surface area contributed by atoms with Crippen molar-refractivity contribution in [3.63, 3.8) is 0 Å². The smallest absolute Gasteiger partial charge is 0.0741 e. The summed E-state index contributed by atoms with van der Waals surface area (Å²) in [6, 6.07) is 6.49. The molecule has 1 heterocycles. The summed E-state index contributed by atoms with van der Waals surface area (Å²) in [5.41, 5.74) is 11.1. The number of nitrogens with two attached hydrogens (primary N) is 1. The topological polar surface area (TPSA) is 43.8 Å². The predicted molar refractivity (Wildman–Crippen MR) is 82.3 cm³/mol. The standard InChI is InChI=1S/C15H20BrN3/c1-9(2)19-15(13(16)8-18-19)14(17)12-6-5-10(3)11(4)7-12/h5-9,14H,17H2,1-4H3. The molecule has 19 heavy (non-hydrogen) atoms. The second-order valence-corrected chi connectivity index (χ2v) is 6.09. The van der Waals surface area contributed by atoms with E-state index in [-0.39, 0.29) is 6.04 Å².